The summed E-state index contributed by atoms with van der Waals surface area (Å²) in [5.74, 6) is -0.163. The lowest BCUT2D eigenvalue weighted by Crippen LogP contribution is -2.24. The van der Waals surface area contributed by atoms with Gasteiger partial charge in [0, 0.05) is 21.0 Å². The van der Waals surface area contributed by atoms with Crippen LogP contribution in [0.3, 0.4) is 0 Å². The first kappa shape index (κ1) is 18.6. The van der Waals surface area contributed by atoms with Crippen LogP contribution >= 0.6 is 22.9 Å². The topological polar surface area (TPSA) is 52.0 Å². The van der Waals surface area contributed by atoms with Gasteiger partial charge in [-0.25, -0.2) is 4.98 Å². The highest BCUT2D eigenvalue weighted by Crippen LogP contribution is 2.35. The van der Waals surface area contributed by atoms with Gasteiger partial charge in [0.05, 0.1) is 18.3 Å². The van der Waals surface area contributed by atoms with Crippen LogP contribution in [0.25, 0.3) is 21.3 Å². The first-order chi connectivity index (χ1) is 13.4. The lowest BCUT2D eigenvalue weighted by atomic mass is 10.0. The van der Waals surface area contributed by atoms with E-state index in [2.05, 4.69) is 4.98 Å². The Morgan fingerprint density at radius 1 is 1.07 bits per heavy atom. The van der Waals surface area contributed by atoms with Gasteiger partial charge in [0.15, 0.2) is 5.78 Å². The summed E-state index contributed by atoms with van der Waals surface area (Å²) in [6, 6.07) is 14.7. The van der Waals surface area contributed by atoms with Crippen molar-refractivity contribution in [1.82, 2.24) is 9.55 Å². The van der Waals surface area contributed by atoms with Crippen LogP contribution in [0.2, 0.25) is 5.02 Å². The highest BCUT2D eigenvalue weighted by Gasteiger charge is 2.18. The molecule has 0 radical (unpaired) electrons. The summed E-state index contributed by atoms with van der Waals surface area (Å²) >= 11 is 7.37. The molecule has 0 unspecified atom stereocenters. The number of carbonyl (C=O) groups is 1. The smallest absolute Gasteiger partial charge is 0.263 e. The summed E-state index contributed by atoms with van der Waals surface area (Å²) in [6.07, 6.45) is 1.45. The monoisotopic (exact) mass is 408 g/mol. The molecule has 4 rings (SSSR count). The van der Waals surface area contributed by atoms with E-state index in [1.807, 2.05) is 38.1 Å². The Morgan fingerprint density at radius 2 is 1.75 bits per heavy atom. The van der Waals surface area contributed by atoms with Crippen molar-refractivity contribution in [1.29, 1.82) is 0 Å². The molecular weight excluding hydrogens is 392 g/mol. The number of ketones is 1. The Balaban J connectivity index is 1.79. The van der Waals surface area contributed by atoms with Gasteiger partial charge in [0.2, 0.25) is 0 Å². The van der Waals surface area contributed by atoms with Crippen molar-refractivity contribution in [3.8, 4) is 11.1 Å². The van der Waals surface area contributed by atoms with Crippen LogP contribution in [0.1, 0.15) is 20.8 Å². The molecule has 2 aromatic carbocycles. The summed E-state index contributed by atoms with van der Waals surface area (Å²) in [5.41, 5.74) is 3.34. The fourth-order valence-corrected chi connectivity index (χ4v) is 4.33. The first-order valence-corrected chi connectivity index (χ1v) is 9.98. The fourth-order valence-electron chi connectivity index (χ4n) is 3.20. The van der Waals surface area contributed by atoms with Crippen LogP contribution in [-0.4, -0.2) is 15.3 Å². The highest BCUT2D eigenvalue weighted by atomic mass is 35.5. The lowest BCUT2D eigenvalue weighted by molar-refractivity contribution is 0.0970. The molecule has 0 bridgehead atoms. The van der Waals surface area contributed by atoms with Gasteiger partial charge in [-0.3, -0.25) is 14.2 Å². The molecule has 0 saturated heterocycles. The summed E-state index contributed by atoms with van der Waals surface area (Å²) in [6.45, 7) is 3.95. The summed E-state index contributed by atoms with van der Waals surface area (Å²) < 4.78 is 1.38. The van der Waals surface area contributed by atoms with Gasteiger partial charge in [-0.05, 0) is 43.7 Å². The second kappa shape index (κ2) is 7.34. The van der Waals surface area contributed by atoms with Crippen molar-refractivity contribution < 1.29 is 4.79 Å². The number of carbonyl (C=O) groups excluding carboxylic acids is 1. The lowest BCUT2D eigenvalue weighted by Gasteiger charge is -2.07. The van der Waals surface area contributed by atoms with Gasteiger partial charge >= 0.3 is 0 Å². The van der Waals surface area contributed by atoms with Gasteiger partial charge in [-0.2, -0.15) is 0 Å². The summed E-state index contributed by atoms with van der Waals surface area (Å²) in [7, 11) is 0. The van der Waals surface area contributed by atoms with Crippen molar-refractivity contribution in [2.75, 3.05) is 0 Å². The standard InChI is InChI=1S/C22H17ClN2O2S/c1-13-3-5-16(6-4-13)19-14(2)28-21-20(19)22(27)25(12-24-21)11-18(26)15-7-9-17(23)10-8-15/h3-10,12H,11H2,1-2H3. The number of fused-ring (bicyclic) bond motifs is 1. The van der Waals surface area contributed by atoms with Gasteiger partial charge in [0.25, 0.3) is 5.56 Å². The van der Waals surface area contributed by atoms with Crippen LogP contribution in [0, 0.1) is 13.8 Å². The number of rotatable bonds is 4. The van der Waals surface area contributed by atoms with Crippen molar-refractivity contribution in [3.63, 3.8) is 0 Å². The van der Waals surface area contributed by atoms with Crippen molar-refractivity contribution in [3.05, 3.63) is 86.2 Å². The number of Topliss-reactive ketones (excluding diaryl/α,β-unsaturated/α-hetero) is 1. The summed E-state index contributed by atoms with van der Waals surface area (Å²) in [5, 5.41) is 1.13. The Bertz CT molecular complexity index is 1240. The van der Waals surface area contributed by atoms with Gasteiger partial charge in [0.1, 0.15) is 4.83 Å². The molecule has 140 valence electrons. The van der Waals surface area contributed by atoms with E-state index in [1.165, 1.54) is 22.2 Å². The van der Waals surface area contributed by atoms with Gasteiger partial charge in [-0.1, -0.05) is 41.4 Å². The first-order valence-electron chi connectivity index (χ1n) is 8.78. The zero-order valence-corrected chi connectivity index (χ0v) is 17.0. The van der Waals surface area contributed by atoms with Crippen molar-refractivity contribution in [2.45, 2.75) is 20.4 Å². The maximum Gasteiger partial charge on any atom is 0.263 e. The van der Waals surface area contributed by atoms with Crippen LogP contribution in [0.5, 0.6) is 0 Å². The number of aryl methyl sites for hydroxylation is 2. The molecule has 6 heteroatoms. The Hall–Kier alpha value is -2.76. The number of halogens is 1. The quantitative estimate of drug-likeness (QED) is 0.432. The predicted octanol–water partition coefficient (Wildman–Crippen LogP) is 5.28. The second-order valence-electron chi connectivity index (χ2n) is 6.69. The maximum absolute atomic E-state index is 13.2. The molecule has 0 fully saturated rings. The molecule has 0 aliphatic heterocycles. The minimum absolute atomic E-state index is 0.0639. The molecule has 0 spiro atoms. The van der Waals surface area contributed by atoms with E-state index in [0.717, 1.165) is 21.6 Å². The number of thiophene rings is 1. The van der Waals surface area contributed by atoms with Crippen LogP contribution in [0.4, 0.5) is 0 Å². The number of hydrogen-bond donors (Lipinski definition) is 0. The van der Waals surface area contributed by atoms with E-state index in [1.54, 1.807) is 24.3 Å². The van der Waals surface area contributed by atoms with Gasteiger partial charge in [-0.15, -0.1) is 11.3 Å². The van der Waals surface area contributed by atoms with Crippen molar-refractivity contribution in [2.24, 2.45) is 0 Å². The van der Waals surface area contributed by atoms with Crippen LogP contribution in [0.15, 0.2) is 59.7 Å². The maximum atomic E-state index is 13.2. The molecule has 28 heavy (non-hydrogen) atoms. The molecule has 0 saturated carbocycles. The fraction of sp³-hybridized carbons (Fsp3) is 0.136. The molecule has 0 N–H and O–H groups in total. The SMILES string of the molecule is Cc1ccc(-c2c(C)sc3ncn(CC(=O)c4ccc(Cl)cc4)c(=O)c23)cc1. The minimum atomic E-state index is -0.202. The van der Waals surface area contributed by atoms with E-state index in [-0.39, 0.29) is 17.9 Å². The average Bonchev–Trinajstić information content (AvgIpc) is 3.02. The summed E-state index contributed by atoms with van der Waals surface area (Å²) in [4.78, 5) is 31.9. The Kier molecular flexibility index (Phi) is 4.87. The van der Waals surface area contributed by atoms with Gasteiger partial charge < -0.3 is 0 Å². The normalized spacial score (nSPS) is 11.1. The molecular formula is C22H17ClN2O2S. The van der Waals surface area contributed by atoms with Crippen LogP contribution < -0.4 is 5.56 Å². The van der Waals surface area contributed by atoms with E-state index in [9.17, 15) is 9.59 Å². The zero-order chi connectivity index (χ0) is 19.8. The zero-order valence-electron chi connectivity index (χ0n) is 15.4. The largest absolute Gasteiger partial charge is 0.292 e. The third-order valence-corrected chi connectivity index (χ3v) is 5.94. The number of benzene rings is 2. The molecule has 0 amide bonds. The molecule has 0 atom stereocenters. The average molecular weight is 409 g/mol. The number of hydrogen-bond acceptors (Lipinski definition) is 4. The third-order valence-electron chi connectivity index (χ3n) is 4.68. The van der Waals surface area contributed by atoms with E-state index < -0.39 is 0 Å². The molecule has 2 aromatic heterocycles. The molecule has 4 aromatic rings. The van der Waals surface area contributed by atoms with E-state index >= 15 is 0 Å². The second-order valence-corrected chi connectivity index (χ2v) is 8.33. The number of aromatic nitrogens is 2. The Labute approximate surface area is 171 Å². The molecule has 2 heterocycles. The third kappa shape index (κ3) is 3.39. The highest BCUT2D eigenvalue weighted by molar-refractivity contribution is 7.19. The minimum Gasteiger partial charge on any atom is -0.292 e. The van der Waals surface area contributed by atoms with E-state index in [0.29, 0.717) is 20.8 Å². The predicted molar refractivity (Wildman–Crippen MR) is 115 cm³/mol. The number of nitrogens with zero attached hydrogens (tertiary/aromatic N) is 2. The Morgan fingerprint density at radius 3 is 2.43 bits per heavy atom. The van der Waals surface area contributed by atoms with E-state index in [4.69, 9.17) is 11.6 Å². The molecule has 0 aliphatic carbocycles. The molecule has 4 nitrogen and oxygen atoms in total. The van der Waals surface area contributed by atoms with Crippen LogP contribution in [-0.2, 0) is 6.54 Å². The van der Waals surface area contributed by atoms with Crippen molar-refractivity contribution >= 4 is 38.9 Å². The molecule has 0 aliphatic rings.